The van der Waals surface area contributed by atoms with Gasteiger partial charge in [-0.05, 0) is 140 Å². The van der Waals surface area contributed by atoms with Crippen molar-refractivity contribution in [2.75, 3.05) is 9.80 Å². The Bertz CT molecular complexity index is 3180. The molecule has 0 saturated carbocycles. The normalized spacial score (nSPS) is 12.6. The molecule has 0 aromatic heterocycles. The van der Waals surface area contributed by atoms with Crippen LogP contribution in [0.3, 0.4) is 0 Å². The number of hydrogen-bond acceptors (Lipinski definition) is 2. The van der Waals surface area contributed by atoms with Crippen molar-refractivity contribution in [2.24, 2.45) is 0 Å². The van der Waals surface area contributed by atoms with E-state index in [4.69, 9.17) is 0 Å². The highest BCUT2D eigenvalue weighted by atomic mass is 15.1. The minimum absolute atomic E-state index is 0.408. The molecule has 1 spiro atoms. The van der Waals surface area contributed by atoms with Crippen LogP contribution in [0.5, 0.6) is 0 Å². The highest BCUT2D eigenvalue weighted by Gasteiger charge is 2.51. The highest BCUT2D eigenvalue weighted by Crippen LogP contribution is 2.63. The van der Waals surface area contributed by atoms with Gasteiger partial charge in [0.15, 0.2) is 0 Å². The summed E-state index contributed by atoms with van der Waals surface area (Å²) in [6.07, 6.45) is 0. The van der Waals surface area contributed by atoms with Gasteiger partial charge in [-0.15, -0.1) is 0 Å². The largest absolute Gasteiger partial charge is 0.311 e. The zero-order valence-corrected chi connectivity index (χ0v) is 34.6. The van der Waals surface area contributed by atoms with Gasteiger partial charge in [0.25, 0.3) is 0 Å². The summed E-state index contributed by atoms with van der Waals surface area (Å²) < 4.78 is 0. The summed E-state index contributed by atoms with van der Waals surface area (Å²) >= 11 is 0. The van der Waals surface area contributed by atoms with Crippen molar-refractivity contribution in [3.8, 4) is 44.5 Å². The molecule has 63 heavy (non-hydrogen) atoms. The van der Waals surface area contributed by atoms with Gasteiger partial charge in [0.05, 0.1) is 5.41 Å². The van der Waals surface area contributed by atoms with Gasteiger partial charge in [-0.25, -0.2) is 0 Å². The molecule has 0 N–H and O–H groups in total. The smallest absolute Gasteiger partial charge is 0.0726 e. The highest BCUT2D eigenvalue weighted by molar-refractivity contribution is 5.96. The van der Waals surface area contributed by atoms with Crippen LogP contribution < -0.4 is 9.80 Å². The quantitative estimate of drug-likeness (QED) is 0.151. The Morgan fingerprint density at radius 1 is 0.206 bits per heavy atom. The van der Waals surface area contributed by atoms with Gasteiger partial charge in [0.1, 0.15) is 0 Å². The molecule has 0 amide bonds. The van der Waals surface area contributed by atoms with Crippen molar-refractivity contribution in [1.82, 2.24) is 0 Å². The van der Waals surface area contributed by atoms with Crippen LogP contribution in [0, 0.1) is 0 Å². The molecule has 0 atom stereocenters. The molecule has 0 fully saturated rings. The maximum Gasteiger partial charge on any atom is 0.0726 e. The molecule has 0 saturated heterocycles. The third kappa shape index (κ3) is 5.95. The van der Waals surface area contributed by atoms with Gasteiger partial charge in [0.2, 0.25) is 0 Å². The Kier molecular flexibility index (Phi) is 8.76. The summed E-state index contributed by atoms with van der Waals surface area (Å²) in [5.74, 6) is 0. The Morgan fingerprint density at radius 3 is 0.905 bits per heavy atom. The first-order valence-corrected chi connectivity index (χ1v) is 21.8. The van der Waals surface area contributed by atoms with E-state index in [0.29, 0.717) is 0 Å². The van der Waals surface area contributed by atoms with Crippen LogP contribution >= 0.6 is 0 Å². The molecule has 2 heteroatoms. The Balaban J connectivity index is 0.912. The lowest BCUT2D eigenvalue weighted by atomic mass is 9.70. The summed E-state index contributed by atoms with van der Waals surface area (Å²) in [5, 5.41) is 0. The lowest BCUT2D eigenvalue weighted by Gasteiger charge is -2.32. The van der Waals surface area contributed by atoms with Crippen molar-refractivity contribution >= 4 is 34.1 Å². The van der Waals surface area contributed by atoms with Gasteiger partial charge in [-0.3, -0.25) is 0 Å². The van der Waals surface area contributed by atoms with Crippen molar-refractivity contribution in [2.45, 2.75) is 5.41 Å². The van der Waals surface area contributed by atoms with Crippen molar-refractivity contribution < 1.29 is 0 Å². The summed E-state index contributed by atoms with van der Waals surface area (Å²) in [6.45, 7) is 0. The van der Waals surface area contributed by atoms with E-state index in [9.17, 15) is 0 Å². The molecule has 10 aromatic rings. The summed E-state index contributed by atoms with van der Waals surface area (Å²) in [5.41, 5.74) is 21.6. The van der Waals surface area contributed by atoms with E-state index in [2.05, 4.69) is 265 Å². The monoisotopic (exact) mass is 802 g/mol. The molecule has 0 bridgehead atoms. The number of nitrogens with zero attached hydrogens (tertiary/aromatic N) is 2. The Labute approximate surface area is 369 Å². The van der Waals surface area contributed by atoms with E-state index in [-0.39, 0.29) is 0 Å². The first-order valence-electron chi connectivity index (χ1n) is 21.8. The zero-order chi connectivity index (χ0) is 41.7. The van der Waals surface area contributed by atoms with Crippen LogP contribution in [0.2, 0.25) is 0 Å². The fraction of sp³-hybridized carbons (Fsp3) is 0.0164. The number of para-hydroxylation sites is 2. The predicted molar refractivity (Wildman–Crippen MR) is 263 cm³/mol. The SMILES string of the molecule is c1ccc(-c2ccc(N(c3ccccc3)c3ccc(-c4ccc(N(c5ccccc5)c5ccc6c(c5)C5(c7ccccc7-c7ccccc75)c5ccccc5-6)cc4)cc3)cc2)cc1. The molecule has 0 radical (unpaired) electrons. The van der Waals surface area contributed by atoms with Crippen LogP contribution in [0.1, 0.15) is 22.3 Å². The second-order valence-corrected chi connectivity index (χ2v) is 16.5. The van der Waals surface area contributed by atoms with Gasteiger partial charge >= 0.3 is 0 Å². The second-order valence-electron chi connectivity index (χ2n) is 16.5. The summed E-state index contributed by atoms with van der Waals surface area (Å²) in [4.78, 5) is 4.72. The molecule has 2 aliphatic carbocycles. The third-order valence-electron chi connectivity index (χ3n) is 13.1. The third-order valence-corrected chi connectivity index (χ3v) is 13.1. The topological polar surface area (TPSA) is 6.48 Å². The predicted octanol–water partition coefficient (Wildman–Crippen LogP) is 16.3. The Morgan fingerprint density at radius 2 is 0.492 bits per heavy atom. The average Bonchev–Trinajstić information content (AvgIpc) is 3.83. The minimum atomic E-state index is -0.408. The fourth-order valence-corrected chi connectivity index (χ4v) is 10.3. The van der Waals surface area contributed by atoms with Gasteiger partial charge in [0, 0.05) is 34.1 Å². The molecule has 12 rings (SSSR count). The van der Waals surface area contributed by atoms with Crippen LogP contribution in [0.15, 0.2) is 255 Å². The molecule has 2 nitrogen and oxygen atoms in total. The van der Waals surface area contributed by atoms with Crippen molar-refractivity contribution in [3.63, 3.8) is 0 Å². The molecule has 10 aromatic carbocycles. The summed E-state index contributed by atoms with van der Waals surface area (Å²) in [6, 6.07) is 92.9. The molecule has 2 aliphatic rings. The first-order chi connectivity index (χ1) is 31.3. The molecule has 296 valence electrons. The van der Waals surface area contributed by atoms with Gasteiger partial charge in [-0.1, -0.05) is 182 Å². The maximum absolute atomic E-state index is 2.46. The Hall–Kier alpha value is -8.20. The number of anilines is 6. The maximum atomic E-state index is 2.46. The first kappa shape index (κ1) is 36.6. The number of benzene rings is 10. The lowest BCUT2D eigenvalue weighted by molar-refractivity contribution is 0.793. The number of hydrogen-bond donors (Lipinski definition) is 0. The molecular formula is C61H42N2. The van der Waals surface area contributed by atoms with Crippen LogP contribution in [-0.2, 0) is 5.41 Å². The van der Waals surface area contributed by atoms with E-state index in [1.807, 2.05) is 0 Å². The minimum Gasteiger partial charge on any atom is -0.311 e. The van der Waals surface area contributed by atoms with Gasteiger partial charge in [-0.2, -0.15) is 0 Å². The fourth-order valence-electron chi connectivity index (χ4n) is 10.3. The van der Waals surface area contributed by atoms with Crippen molar-refractivity contribution in [1.29, 1.82) is 0 Å². The molecular weight excluding hydrogens is 761 g/mol. The van der Waals surface area contributed by atoms with Gasteiger partial charge < -0.3 is 9.80 Å². The second kappa shape index (κ2) is 15.1. The van der Waals surface area contributed by atoms with Crippen LogP contribution in [0.4, 0.5) is 34.1 Å². The average molecular weight is 803 g/mol. The van der Waals surface area contributed by atoms with E-state index < -0.39 is 5.41 Å². The standard InChI is InChI=1S/C61H42N2/c1-4-16-43(17-5-1)44-28-34-49(35-29-44)62(47-18-6-2-7-19-47)50-36-30-45(31-37-50)46-32-38-51(39-33-46)63(48-20-8-3-9-21-48)52-40-41-56-55-24-12-15-27-59(55)61(60(56)42-52)57-25-13-10-22-53(57)54-23-11-14-26-58(54)61/h1-42H. The summed E-state index contributed by atoms with van der Waals surface area (Å²) in [7, 11) is 0. The van der Waals surface area contributed by atoms with Crippen LogP contribution in [0.25, 0.3) is 44.5 Å². The van der Waals surface area contributed by atoms with Crippen molar-refractivity contribution in [3.05, 3.63) is 277 Å². The molecule has 0 unspecified atom stereocenters. The van der Waals surface area contributed by atoms with Crippen LogP contribution in [-0.4, -0.2) is 0 Å². The number of rotatable bonds is 8. The van der Waals surface area contributed by atoms with E-state index in [1.165, 1.54) is 66.8 Å². The molecule has 0 aliphatic heterocycles. The number of fused-ring (bicyclic) bond motifs is 10. The molecule has 0 heterocycles. The van der Waals surface area contributed by atoms with E-state index in [0.717, 1.165) is 34.1 Å². The lowest BCUT2D eigenvalue weighted by Crippen LogP contribution is -2.26. The zero-order valence-electron chi connectivity index (χ0n) is 34.6. The van der Waals surface area contributed by atoms with E-state index >= 15 is 0 Å². The van der Waals surface area contributed by atoms with E-state index in [1.54, 1.807) is 0 Å².